The topological polar surface area (TPSA) is 30.0 Å². The third-order valence-corrected chi connectivity index (χ3v) is 2.86. The van der Waals surface area contributed by atoms with E-state index in [-0.39, 0.29) is 11.7 Å². The monoisotopic (exact) mass is 183 g/mol. The lowest BCUT2D eigenvalue weighted by Crippen LogP contribution is -2.09. The molecule has 1 atom stereocenters. The van der Waals surface area contributed by atoms with Gasteiger partial charge in [-0.1, -0.05) is 13.8 Å². The number of aromatic nitrogens is 1. The lowest BCUT2D eigenvalue weighted by molar-refractivity contribution is 0.0927. The normalized spacial score (nSPS) is 12.9. The van der Waals surface area contributed by atoms with E-state index in [1.807, 2.05) is 26.2 Å². The van der Waals surface area contributed by atoms with Gasteiger partial charge in [-0.05, 0) is 13.3 Å². The van der Waals surface area contributed by atoms with Gasteiger partial charge in [0.15, 0.2) is 10.8 Å². The van der Waals surface area contributed by atoms with E-state index in [1.54, 1.807) is 0 Å². The number of nitrogens with zero attached hydrogens (tertiary/aromatic N) is 1. The number of hydrogen-bond acceptors (Lipinski definition) is 3. The maximum atomic E-state index is 11.5. The summed E-state index contributed by atoms with van der Waals surface area (Å²) in [6.45, 7) is 5.87. The van der Waals surface area contributed by atoms with E-state index < -0.39 is 0 Å². The van der Waals surface area contributed by atoms with Crippen molar-refractivity contribution >= 4 is 17.1 Å². The number of aryl methyl sites for hydroxylation is 1. The summed E-state index contributed by atoms with van der Waals surface area (Å²) in [7, 11) is 0. The van der Waals surface area contributed by atoms with Crippen molar-refractivity contribution in [3.05, 3.63) is 16.1 Å². The van der Waals surface area contributed by atoms with Crippen molar-refractivity contribution in [2.24, 2.45) is 5.92 Å². The molecular weight excluding hydrogens is 170 g/mol. The van der Waals surface area contributed by atoms with Gasteiger partial charge >= 0.3 is 0 Å². The van der Waals surface area contributed by atoms with Crippen LogP contribution in [0.2, 0.25) is 0 Å². The predicted molar refractivity (Wildman–Crippen MR) is 50.6 cm³/mol. The van der Waals surface area contributed by atoms with E-state index in [1.165, 1.54) is 11.3 Å². The lowest BCUT2D eigenvalue weighted by Gasteiger charge is -2.02. The molecule has 0 bridgehead atoms. The molecule has 0 aliphatic carbocycles. The molecule has 1 heterocycles. The van der Waals surface area contributed by atoms with Crippen molar-refractivity contribution in [3.8, 4) is 0 Å². The predicted octanol–water partition coefficient (Wildman–Crippen LogP) is 2.68. The van der Waals surface area contributed by atoms with E-state index >= 15 is 0 Å². The third-order valence-electron chi connectivity index (χ3n) is 1.89. The third kappa shape index (κ3) is 1.91. The maximum absolute atomic E-state index is 11.5. The minimum atomic E-state index is 0.107. The lowest BCUT2D eigenvalue weighted by atomic mass is 10.0. The molecule has 0 aromatic carbocycles. The van der Waals surface area contributed by atoms with E-state index in [2.05, 4.69) is 4.98 Å². The maximum Gasteiger partial charge on any atom is 0.194 e. The van der Waals surface area contributed by atoms with Crippen LogP contribution in [0, 0.1) is 12.8 Å². The Kier molecular flexibility index (Phi) is 2.98. The molecule has 2 nitrogen and oxygen atoms in total. The van der Waals surface area contributed by atoms with Crippen LogP contribution in [0.15, 0.2) is 5.38 Å². The number of rotatable bonds is 3. The highest BCUT2D eigenvalue weighted by atomic mass is 32.1. The minimum absolute atomic E-state index is 0.107. The summed E-state index contributed by atoms with van der Waals surface area (Å²) >= 11 is 1.44. The number of thiazole rings is 1. The molecule has 12 heavy (non-hydrogen) atoms. The van der Waals surface area contributed by atoms with E-state index in [4.69, 9.17) is 0 Å². The van der Waals surface area contributed by atoms with Gasteiger partial charge in [-0.15, -0.1) is 11.3 Å². The smallest absolute Gasteiger partial charge is 0.194 e. The van der Waals surface area contributed by atoms with Gasteiger partial charge in [0.2, 0.25) is 0 Å². The first-order chi connectivity index (χ1) is 5.65. The number of ketones is 1. The number of carbonyl (C=O) groups excluding carboxylic acids is 1. The van der Waals surface area contributed by atoms with Crippen molar-refractivity contribution in [1.82, 2.24) is 4.98 Å². The number of carbonyl (C=O) groups is 1. The van der Waals surface area contributed by atoms with Crippen LogP contribution < -0.4 is 0 Å². The zero-order valence-corrected chi connectivity index (χ0v) is 8.44. The first kappa shape index (κ1) is 9.39. The summed E-state index contributed by atoms with van der Waals surface area (Å²) in [5.41, 5.74) is 0.937. The molecule has 0 radical (unpaired) electrons. The molecule has 0 spiro atoms. The van der Waals surface area contributed by atoms with Crippen LogP contribution in [0.3, 0.4) is 0 Å². The van der Waals surface area contributed by atoms with Gasteiger partial charge in [0, 0.05) is 17.0 Å². The molecule has 0 aliphatic rings. The van der Waals surface area contributed by atoms with Gasteiger partial charge in [0.1, 0.15) is 0 Å². The molecule has 1 aromatic rings. The highest BCUT2D eigenvalue weighted by Crippen LogP contribution is 2.15. The summed E-state index contributed by atoms with van der Waals surface area (Å²) in [5, 5.41) is 2.57. The summed E-state index contributed by atoms with van der Waals surface area (Å²) in [6.07, 6.45) is 0.886. The zero-order chi connectivity index (χ0) is 9.14. The quantitative estimate of drug-likeness (QED) is 0.674. The van der Waals surface area contributed by atoms with Crippen molar-refractivity contribution in [2.75, 3.05) is 0 Å². The molecule has 1 aromatic heterocycles. The molecule has 0 saturated carbocycles. The van der Waals surface area contributed by atoms with Crippen molar-refractivity contribution in [1.29, 1.82) is 0 Å². The van der Waals surface area contributed by atoms with Crippen LogP contribution >= 0.6 is 11.3 Å². The molecule has 0 amide bonds. The Morgan fingerprint density at radius 3 is 2.83 bits per heavy atom. The van der Waals surface area contributed by atoms with Crippen LogP contribution in [0.4, 0.5) is 0 Å². The first-order valence-electron chi connectivity index (χ1n) is 4.11. The van der Waals surface area contributed by atoms with Gasteiger partial charge in [0.05, 0.1) is 0 Å². The molecule has 3 heteroatoms. The minimum Gasteiger partial charge on any atom is -0.291 e. The molecule has 66 valence electrons. The van der Waals surface area contributed by atoms with E-state index in [0.29, 0.717) is 5.01 Å². The molecular formula is C9H13NOS. The Bertz CT molecular complexity index is 280. The Morgan fingerprint density at radius 2 is 2.42 bits per heavy atom. The summed E-state index contributed by atoms with van der Waals surface area (Å²) in [6, 6.07) is 0. The Labute approximate surface area is 76.6 Å². The molecule has 0 aliphatic heterocycles. The molecule has 1 unspecified atom stereocenters. The molecule has 0 fully saturated rings. The average molecular weight is 183 g/mol. The molecule has 0 N–H and O–H groups in total. The SMILES string of the molecule is CCC(C)C(=O)c1nc(C)cs1. The Morgan fingerprint density at radius 1 is 1.75 bits per heavy atom. The fourth-order valence-electron chi connectivity index (χ4n) is 0.863. The standard InChI is InChI=1S/C9H13NOS/c1-4-6(2)8(11)9-10-7(3)5-12-9/h5-6H,4H2,1-3H3. The fourth-order valence-corrected chi connectivity index (χ4v) is 1.71. The second-order valence-corrected chi connectivity index (χ2v) is 3.83. The van der Waals surface area contributed by atoms with Gasteiger partial charge in [-0.25, -0.2) is 4.98 Å². The highest BCUT2D eigenvalue weighted by molar-refractivity contribution is 7.11. The Balaban J connectivity index is 2.78. The molecule has 0 saturated heterocycles. The van der Waals surface area contributed by atoms with Crippen LogP contribution in [-0.2, 0) is 0 Å². The summed E-state index contributed by atoms with van der Waals surface area (Å²) in [4.78, 5) is 15.7. The van der Waals surface area contributed by atoms with E-state index in [0.717, 1.165) is 12.1 Å². The van der Waals surface area contributed by atoms with Crippen molar-refractivity contribution in [2.45, 2.75) is 27.2 Å². The second-order valence-electron chi connectivity index (χ2n) is 2.97. The van der Waals surface area contributed by atoms with Crippen molar-refractivity contribution in [3.63, 3.8) is 0 Å². The average Bonchev–Trinajstić information content (AvgIpc) is 2.49. The largest absolute Gasteiger partial charge is 0.291 e. The van der Waals surface area contributed by atoms with Crippen LogP contribution in [0.5, 0.6) is 0 Å². The van der Waals surface area contributed by atoms with Crippen LogP contribution in [0.1, 0.15) is 35.8 Å². The second kappa shape index (κ2) is 3.81. The molecule has 1 rings (SSSR count). The summed E-state index contributed by atoms with van der Waals surface area (Å²) in [5.74, 6) is 0.283. The van der Waals surface area contributed by atoms with Gasteiger partial charge in [-0.2, -0.15) is 0 Å². The van der Waals surface area contributed by atoms with Gasteiger partial charge in [-0.3, -0.25) is 4.79 Å². The number of Topliss-reactive ketones (excluding diaryl/α,β-unsaturated/α-hetero) is 1. The zero-order valence-electron chi connectivity index (χ0n) is 7.63. The summed E-state index contributed by atoms with van der Waals surface area (Å²) < 4.78 is 0. The van der Waals surface area contributed by atoms with E-state index in [9.17, 15) is 4.79 Å². The highest BCUT2D eigenvalue weighted by Gasteiger charge is 2.15. The first-order valence-corrected chi connectivity index (χ1v) is 4.99. The van der Waals surface area contributed by atoms with Crippen molar-refractivity contribution < 1.29 is 4.79 Å². The Hall–Kier alpha value is -0.700. The van der Waals surface area contributed by atoms with Crippen LogP contribution in [0.25, 0.3) is 0 Å². The fraction of sp³-hybridized carbons (Fsp3) is 0.556. The van der Waals surface area contributed by atoms with Gasteiger partial charge in [0.25, 0.3) is 0 Å². The van der Waals surface area contributed by atoms with Gasteiger partial charge < -0.3 is 0 Å². The number of hydrogen-bond donors (Lipinski definition) is 0. The van der Waals surface area contributed by atoms with Crippen LogP contribution in [-0.4, -0.2) is 10.8 Å².